The van der Waals surface area contributed by atoms with Crippen LogP contribution in [0.3, 0.4) is 0 Å². The number of nitrogens with zero attached hydrogens (tertiary/aromatic N) is 2. The molecule has 0 aromatic heterocycles. The number of azo groups is 1. The second-order valence-corrected chi connectivity index (χ2v) is 6.39. The molecule has 0 saturated carbocycles. The van der Waals surface area contributed by atoms with Crippen molar-refractivity contribution in [3.63, 3.8) is 0 Å². The van der Waals surface area contributed by atoms with E-state index in [-0.39, 0.29) is 0 Å². The Morgan fingerprint density at radius 1 is 1.00 bits per heavy atom. The molecule has 0 saturated heterocycles. The van der Waals surface area contributed by atoms with Crippen LogP contribution in [0.5, 0.6) is 5.75 Å². The fraction of sp³-hybridized carbons (Fsp3) is 0.455. The van der Waals surface area contributed by atoms with Crippen molar-refractivity contribution < 1.29 is 4.74 Å². The van der Waals surface area contributed by atoms with Crippen LogP contribution in [0.15, 0.2) is 70.1 Å². The van der Waals surface area contributed by atoms with Gasteiger partial charge in [0.15, 0.2) is 0 Å². The maximum Gasteiger partial charge on any atom is 0.119 e. The highest BCUT2D eigenvalue weighted by molar-refractivity contribution is 5.40. The summed E-state index contributed by atoms with van der Waals surface area (Å²) in [4.78, 5) is 0. The van der Waals surface area contributed by atoms with Gasteiger partial charge in [-0.1, -0.05) is 50.8 Å². The van der Waals surface area contributed by atoms with E-state index in [0.717, 1.165) is 41.3 Å². The third-order valence-electron chi connectivity index (χ3n) is 3.92. The normalized spacial score (nSPS) is 12.6. The lowest BCUT2D eigenvalue weighted by molar-refractivity contribution is 0.304. The zero-order chi connectivity index (χ0) is 18.5. The van der Waals surface area contributed by atoms with Gasteiger partial charge in [0.2, 0.25) is 0 Å². The van der Waals surface area contributed by atoms with E-state index in [2.05, 4.69) is 23.7 Å². The van der Waals surface area contributed by atoms with Crippen molar-refractivity contribution in [3.05, 3.63) is 59.8 Å². The fourth-order valence-corrected chi connectivity index (χ4v) is 2.06. The minimum absolute atomic E-state index is 0.779. The molecule has 0 aliphatic heterocycles. The van der Waals surface area contributed by atoms with Crippen molar-refractivity contribution in [1.29, 1.82) is 0 Å². The Kier molecular flexibility index (Phi) is 10.2. The highest BCUT2D eigenvalue weighted by Gasteiger charge is 1.96. The second-order valence-electron chi connectivity index (χ2n) is 6.39. The first-order chi connectivity index (χ1) is 12.0. The molecular formula is C22H32N2O. The molecule has 0 N–H and O–H groups in total. The molecule has 136 valence electrons. The third-order valence-corrected chi connectivity index (χ3v) is 3.92. The number of hydrogen-bond donors (Lipinski definition) is 0. The van der Waals surface area contributed by atoms with E-state index < -0.39 is 0 Å². The standard InChI is InChI=1S/C22H32N2O/c1-6-7-8-9-10-17-25-22-15-13-21(14-16-22)24-23-20(5)12-11-19(4)18(2)3/h11-16H,2,6-10,17H2,1,3-5H3/b19-11+,20-12+,24-23?. The SMILES string of the molecule is C=C(C)/C(C)=C/C=C(\C)N=Nc1ccc(OCCCCCCC)cc1. The molecule has 0 aliphatic carbocycles. The van der Waals surface area contributed by atoms with Crippen LogP contribution in [0.1, 0.15) is 59.8 Å². The summed E-state index contributed by atoms with van der Waals surface area (Å²) >= 11 is 0. The Balaban J connectivity index is 2.44. The summed E-state index contributed by atoms with van der Waals surface area (Å²) in [5, 5.41) is 8.48. The lowest BCUT2D eigenvalue weighted by Crippen LogP contribution is -1.96. The van der Waals surface area contributed by atoms with E-state index in [4.69, 9.17) is 4.74 Å². The Hall–Kier alpha value is -2.16. The molecule has 0 amide bonds. The van der Waals surface area contributed by atoms with Crippen LogP contribution in [-0.2, 0) is 0 Å². The fourth-order valence-electron chi connectivity index (χ4n) is 2.06. The van der Waals surface area contributed by atoms with Gasteiger partial charge in [0.1, 0.15) is 5.75 Å². The predicted octanol–water partition coefficient (Wildman–Crippen LogP) is 7.55. The van der Waals surface area contributed by atoms with Crippen molar-refractivity contribution in [2.24, 2.45) is 10.2 Å². The van der Waals surface area contributed by atoms with Gasteiger partial charge in [0.25, 0.3) is 0 Å². The third kappa shape index (κ3) is 9.65. The molecule has 0 spiro atoms. The summed E-state index contributed by atoms with van der Waals surface area (Å²) in [5.74, 6) is 0.890. The molecule has 0 bridgehead atoms. The van der Waals surface area contributed by atoms with E-state index in [1.165, 1.54) is 25.7 Å². The van der Waals surface area contributed by atoms with Gasteiger partial charge in [-0.2, -0.15) is 10.2 Å². The van der Waals surface area contributed by atoms with Crippen LogP contribution >= 0.6 is 0 Å². The van der Waals surface area contributed by atoms with Gasteiger partial charge in [-0.05, 0) is 63.1 Å². The molecule has 3 nitrogen and oxygen atoms in total. The Morgan fingerprint density at radius 2 is 1.68 bits per heavy atom. The Bertz CT molecular complexity index is 609. The Labute approximate surface area is 153 Å². The van der Waals surface area contributed by atoms with Crippen molar-refractivity contribution in [2.75, 3.05) is 6.61 Å². The Morgan fingerprint density at radius 3 is 2.32 bits per heavy atom. The number of unbranched alkanes of at least 4 members (excludes halogenated alkanes) is 4. The number of benzene rings is 1. The van der Waals surface area contributed by atoms with Gasteiger partial charge < -0.3 is 4.74 Å². The monoisotopic (exact) mass is 340 g/mol. The minimum Gasteiger partial charge on any atom is -0.494 e. The van der Waals surface area contributed by atoms with E-state index >= 15 is 0 Å². The first-order valence-corrected chi connectivity index (χ1v) is 9.18. The van der Waals surface area contributed by atoms with E-state index in [9.17, 15) is 0 Å². The first-order valence-electron chi connectivity index (χ1n) is 9.18. The highest BCUT2D eigenvalue weighted by atomic mass is 16.5. The van der Waals surface area contributed by atoms with Gasteiger partial charge in [-0.3, -0.25) is 0 Å². The molecule has 1 rings (SSSR count). The summed E-state index contributed by atoms with van der Waals surface area (Å²) in [6.45, 7) is 12.9. The van der Waals surface area contributed by atoms with Crippen LogP contribution in [0.2, 0.25) is 0 Å². The van der Waals surface area contributed by atoms with Crippen LogP contribution in [0.25, 0.3) is 0 Å². The van der Waals surface area contributed by atoms with Crippen molar-refractivity contribution in [3.8, 4) is 5.75 Å². The molecule has 0 atom stereocenters. The quantitative estimate of drug-likeness (QED) is 0.232. The lowest BCUT2D eigenvalue weighted by Gasteiger charge is -2.05. The molecule has 0 fully saturated rings. The maximum atomic E-state index is 5.75. The summed E-state index contributed by atoms with van der Waals surface area (Å²) in [6.07, 6.45) is 10.2. The summed E-state index contributed by atoms with van der Waals surface area (Å²) < 4.78 is 5.75. The highest BCUT2D eigenvalue weighted by Crippen LogP contribution is 2.19. The smallest absolute Gasteiger partial charge is 0.119 e. The minimum atomic E-state index is 0.779. The second kappa shape index (κ2) is 12.2. The van der Waals surface area contributed by atoms with Gasteiger partial charge >= 0.3 is 0 Å². The largest absolute Gasteiger partial charge is 0.494 e. The van der Waals surface area contributed by atoms with Crippen molar-refractivity contribution >= 4 is 5.69 Å². The van der Waals surface area contributed by atoms with E-state index in [0.29, 0.717) is 0 Å². The van der Waals surface area contributed by atoms with Crippen LogP contribution < -0.4 is 4.74 Å². The van der Waals surface area contributed by atoms with Crippen LogP contribution in [0, 0.1) is 0 Å². The summed E-state index contributed by atoms with van der Waals surface area (Å²) in [7, 11) is 0. The molecule has 0 aliphatic rings. The van der Waals surface area contributed by atoms with Crippen molar-refractivity contribution in [1.82, 2.24) is 0 Å². The zero-order valence-corrected chi connectivity index (χ0v) is 16.2. The van der Waals surface area contributed by atoms with E-state index in [1.807, 2.05) is 57.2 Å². The topological polar surface area (TPSA) is 34.0 Å². The molecule has 25 heavy (non-hydrogen) atoms. The van der Waals surface area contributed by atoms with Crippen LogP contribution in [-0.4, -0.2) is 6.61 Å². The molecular weight excluding hydrogens is 308 g/mol. The molecule has 1 aromatic carbocycles. The zero-order valence-electron chi connectivity index (χ0n) is 16.2. The van der Waals surface area contributed by atoms with Crippen molar-refractivity contribution in [2.45, 2.75) is 59.8 Å². The number of ether oxygens (including phenoxy) is 1. The molecule has 0 radical (unpaired) electrons. The predicted molar refractivity (Wildman–Crippen MR) is 108 cm³/mol. The average molecular weight is 341 g/mol. The lowest BCUT2D eigenvalue weighted by atomic mass is 10.1. The van der Waals surface area contributed by atoms with Crippen LogP contribution in [0.4, 0.5) is 5.69 Å². The number of rotatable bonds is 11. The molecule has 1 aromatic rings. The molecule has 3 heteroatoms. The molecule has 0 unspecified atom stereocenters. The summed E-state index contributed by atoms with van der Waals surface area (Å²) in [6, 6.07) is 7.76. The van der Waals surface area contributed by atoms with E-state index in [1.54, 1.807) is 0 Å². The maximum absolute atomic E-state index is 5.75. The average Bonchev–Trinajstić information content (AvgIpc) is 2.61. The van der Waals surface area contributed by atoms with Gasteiger partial charge in [-0.25, -0.2) is 0 Å². The molecule has 0 heterocycles. The van der Waals surface area contributed by atoms with Gasteiger partial charge in [0, 0.05) is 0 Å². The number of hydrogen-bond acceptors (Lipinski definition) is 3. The summed E-state index contributed by atoms with van der Waals surface area (Å²) in [5.41, 5.74) is 3.88. The first kappa shape index (κ1) is 20.9. The van der Waals surface area contributed by atoms with Gasteiger partial charge in [0.05, 0.1) is 18.0 Å². The van der Waals surface area contributed by atoms with Gasteiger partial charge in [-0.15, -0.1) is 0 Å². The number of allylic oxidation sites excluding steroid dienone is 5.